The number of hydrogen-bond donors (Lipinski definition) is 2. The molecule has 7 heteroatoms. The third-order valence-corrected chi connectivity index (χ3v) is 2.41. The second kappa shape index (κ2) is 4.74. The lowest BCUT2D eigenvalue weighted by atomic mass is 10.2. The molecule has 92 valence electrons. The van der Waals surface area contributed by atoms with Crippen LogP contribution >= 0.6 is 0 Å². The van der Waals surface area contributed by atoms with Crippen LogP contribution in [0.5, 0.6) is 0 Å². The van der Waals surface area contributed by atoms with Gasteiger partial charge >= 0.3 is 0 Å². The molecule has 0 aromatic carbocycles. The Bertz CT molecular complexity index is 598. The maximum Gasteiger partial charge on any atom is 0.260 e. The molecule has 2 aromatic heterocycles. The van der Waals surface area contributed by atoms with Crippen molar-refractivity contribution < 1.29 is 4.79 Å². The predicted molar refractivity (Wildman–Crippen MR) is 65.9 cm³/mol. The van der Waals surface area contributed by atoms with Gasteiger partial charge in [0.1, 0.15) is 0 Å². The van der Waals surface area contributed by atoms with E-state index in [-0.39, 0.29) is 11.9 Å². The van der Waals surface area contributed by atoms with Gasteiger partial charge in [-0.05, 0) is 19.9 Å². The first-order valence-electron chi connectivity index (χ1n) is 5.26. The fraction of sp³-hybridized carbons (Fsp3) is 0.182. The Morgan fingerprint density at radius 1 is 1.28 bits per heavy atom. The van der Waals surface area contributed by atoms with Crippen molar-refractivity contribution in [2.75, 3.05) is 11.1 Å². The van der Waals surface area contributed by atoms with Crippen molar-refractivity contribution in [3.05, 3.63) is 35.4 Å². The molecule has 0 bridgehead atoms. The van der Waals surface area contributed by atoms with E-state index in [4.69, 9.17) is 5.73 Å². The molecule has 0 aliphatic rings. The normalized spacial score (nSPS) is 10.1. The van der Waals surface area contributed by atoms with E-state index in [1.54, 1.807) is 13.8 Å². The van der Waals surface area contributed by atoms with Gasteiger partial charge in [-0.3, -0.25) is 15.1 Å². The van der Waals surface area contributed by atoms with Crippen molar-refractivity contribution in [1.29, 1.82) is 0 Å². The zero-order valence-corrected chi connectivity index (χ0v) is 10.0. The first kappa shape index (κ1) is 11.9. The molecular formula is C11H12N6O. The highest BCUT2D eigenvalue weighted by molar-refractivity contribution is 6.06. The lowest BCUT2D eigenvalue weighted by molar-refractivity contribution is 0.102. The van der Waals surface area contributed by atoms with E-state index in [1.807, 2.05) is 0 Å². The van der Waals surface area contributed by atoms with E-state index in [0.29, 0.717) is 16.9 Å². The summed E-state index contributed by atoms with van der Waals surface area (Å²) >= 11 is 0. The number of aromatic nitrogens is 4. The Labute approximate surface area is 103 Å². The van der Waals surface area contributed by atoms with Crippen LogP contribution in [0.4, 0.5) is 11.6 Å². The molecule has 2 rings (SSSR count). The number of nitrogen functional groups attached to an aromatic ring is 1. The van der Waals surface area contributed by atoms with Gasteiger partial charge in [0, 0.05) is 6.20 Å². The molecule has 0 spiro atoms. The summed E-state index contributed by atoms with van der Waals surface area (Å²) in [5.74, 6) is -0.237. The van der Waals surface area contributed by atoms with Crippen molar-refractivity contribution in [2.24, 2.45) is 0 Å². The monoisotopic (exact) mass is 244 g/mol. The quantitative estimate of drug-likeness (QED) is 0.806. The number of carbonyl (C=O) groups excluding carboxylic acids is 1. The molecule has 3 N–H and O–H groups in total. The van der Waals surface area contributed by atoms with Crippen LogP contribution in [0.3, 0.4) is 0 Å². The largest absolute Gasteiger partial charge is 0.397 e. The number of nitrogens with one attached hydrogen (secondary N) is 1. The third-order valence-electron chi connectivity index (χ3n) is 2.41. The van der Waals surface area contributed by atoms with Gasteiger partial charge in [0.25, 0.3) is 5.91 Å². The SMILES string of the molecule is Cc1nnc(NC(=O)c2ccncc2N)nc1C. The van der Waals surface area contributed by atoms with Crippen molar-refractivity contribution >= 4 is 17.5 Å². The second-order valence-corrected chi connectivity index (χ2v) is 3.72. The average Bonchev–Trinajstić information content (AvgIpc) is 2.34. The smallest absolute Gasteiger partial charge is 0.260 e. The molecule has 0 unspecified atom stereocenters. The number of pyridine rings is 1. The molecule has 0 fully saturated rings. The highest BCUT2D eigenvalue weighted by atomic mass is 16.1. The van der Waals surface area contributed by atoms with Crippen LogP contribution in [-0.2, 0) is 0 Å². The molecule has 0 saturated heterocycles. The van der Waals surface area contributed by atoms with Crippen LogP contribution in [0.25, 0.3) is 0 Å². The minimum Gasteiger partial charge on any atom is -0.397 e. The van der Waals surface area contributed by atoms with Crippen molar-refractivity contribution in [3.63, 3.8) is 0 Å². The van der Waals surface area contributed by atoms with Gasteiger partial charge in [-0.25, -0.2) is 4.98 Å². The van der Waals surface area contributed by atoms with Gasteiger partial charge in [-0.1, -0.05) is 0 Å². The number of nitrogens with two attached hydrogens (primary N) is 1. The number of hydrogen-bond acceptors (Lipinski definition) is 6. The van der Waals surface area contributed by atoms with Crippen LogP contribution in [0, 0.1) is 13.8 Å². The fourth-order valence-corrected chi connectivity index (χ4v) is 1.29. The van der Waals surface area contributed by atoms with Crippen molar-refractivity contribution in [3.8, 4) is 0 Å². The van der Waals surface area contributed by atoms with Gasteiger partial charge in [0.15, 0.2) is 0 Å². The summed E-state index contributed by atoms with van der Waals surface area (Å²) in [5.41, 5.74) is 7.70. The fourth-order valence-electron chi connectivity index (χ4n) is 1.29. The number of aryl methyl sites for hydroxylation is 2. The topological polar surface area (TPSA) is 107 Å². The zero-order valence-electron chi connectivity index (χ0n) is 10.0. The Morgan fingerprint density at radius 2 is 2.06 bits per heavy atom. The minimum atomic E-state index is -0.389. The lowest BCUT2D eigenvalue weighted by Gasteiger charge is -2.06. The summed E-state index contributed by atoms with van der Waals surface area (Å²) in [7, 11) is 0. The second-order valence-electron chi connectivity index (χ2n) is 3.72. The maximum absolute atomic E-state index is 11.9. The van der Waals surface area contributed by atoms with Gasteiger partial charge in [0.2, 0.25) is 5.95 Å². The van der Waals surface area contributed by atoms with Crippen LogP contribution in [0.15, 0.2) is 18.5 Å². The molecule has 0 aliphatic heterocycles. The van der Waals surface area contributed by atoms with Gasteiger partial charge in [-0.2, -0.15) is 5.10 Å². The molecule has 0 atom stereocenters. The summed E-state index contributed by atoms with van der Waals surface area (Å²) in [6.45, 7) is 3.59. The van der Waals surface area contributed by atoms with Gasteiger partial charge < -0.3 is 5.73 Å². The number of carbonyl (C=O) groups is 1. The number of rotatable bonds is 2. The maximum atomic E-state index is 11.9. The van der Waals surface area contributed by atoms with Gasteiger partial charge in [-0.15, -0.1) is 5.10 Å². The Hall–Kier alpha value is -2.57. The van der Waals surface area contributed by atoms with E-state index in [0.717, 1.165) is 5.69 Å². The Kier molecular flexibility index (Phi) is 3.13. The molecule has 0 aliphatic carbocycles. The average molecular weight is 244 g/mol. The van der Waals surface area contributed by atoms with E-state index in [2.05, 4.69) is 25.5 Å². The molecule has 0 saturated carbocycles. The molecular weight excluding hydrogens is 232 g/mol. The molecule has 18 heavy (non-hydrogen) atoms. The molecule has 0 radical (unpaired) electrons. The zero-order chi connectivity index (χ0) is 13.1. The summed E-state index contributed by atoms with van der Waals surface area (Å²) < 4.78 is 0. The van der Waals surface area contributed by atoms with Crippen molar-refractivity contribution in [2.45, 2.75) is 13.8 Å². The van der Waals surface area contributed by atoms with Crippen LogP contribution in [0.1, 0.15) is 21.7 Å². The van der Waals surface area contributed by atoms with E-state index >= 15 is 0 Å². The first-order chi connectivity index (χ1) is 8.58. The molecule has 7 nitrogen and oxygen atoms in total. The van der Waals surface area contributed by atoms with Crippen LogP contribution < -0.4 is 11.1 Å². The number of anilines is 2. The van der Waals surface area contributed by atoms with Crippen LogP contribution in [-0.4, -0.2) is 26.1 Å². The van der Waals surface area contributed by atoms with Crippen molar-refractivity contribution in [1.82, 2.24) is 20.2 Å². The molecule has 2 heterocycles. The lowest BCUT2D eigenvalue weighted by Crippen LogP contribution is -2.17. The predicted octanol–water partition coefficient (Wildman–Crippen LogP) is 0.718. The number of amides is 1. The third kappa shape index (κ3) is 2.40. The van der Waals surface area contributed by atoms with Gasteiger partial charge in [0.05, 0.1) is 28.8 Å². The first-order valence-corrected chi connectivity index (χ1v) is 5.26. The molecule has 1 amide bonds. The highest BCUT2D eigenvalue weighted by Gasteiger charge is 2.11. The summed E-state index contributed by atoms with van der Waals surface area (Å²) in [6.07, 6.45) is 2.90. The van der Waals surface area contributed by atoms with E-state index in [9.17, 15) is 4.79 Å². The summed E-state index contributed by atoms with van der Waals surface area (Å²) in [5, 5.41) is 10.2. The number of nitrogens with zero attached hydrogens (tertiary/aromatic N) is 4. The highest BCUT2D eigenvalue weighted by Crippen LogP contribution is 2.10. The standard InChI is InChI=1S/C11H12N6O/c1-6-7(2)16-17-11(14-6)15-10(18)8-3-4-13-5-9(8)12/h3-5H,12H2,1-2H3,(H,14,15,17,18). The van der Waals surface area contributed by atoms with E-state index < -0.39 is 0 Å². The minimum absolute atomic E-state index is 0.152. The Balaban J connectivity index is 2.22. The van der Waals surface area contributed by atoms with Crippen LogP contribution in [0.2, 0.25) is 0 Å². The van der Waals surface area contributed by atoms with E-state index in [1.165, 1.54) is 18.5 Å². The Morgan fingerprint density at radius 3 is 2.72 bits per heavy atom. The summed E-state index contributed by atoms with van der Waals surface area (Å²) in [6, 6.07) is 1.53. The molecule has 2 aromatic rings. The summed E-state index contributed by atoms with van der Waals surface area (Å²) in [4.78, 5) is 19.8.